The molecule has 0 radical (unpaired) electrons. The molecule has 0 N–H and O–H groups in total. The second kappa shape index (κ2) is 6.22. The van der Waals surface area contributed by atoms with Crippen LogP contribution in [0.4, 0.5) is 0 Å². The molecule has 0 aliphatic rings. The summed E-state index contributed by atoms with van der Waals surface area (Å²) in [6.45, 7) is 0.0297. The first-order valence-electron chi connectivity index (χ1n) is 2.95. The first-order valence-corrected chi connectivity index (χ1v) is 3.75. The molecule has 66 valence electrons. The number of methoxy groups -OCH3 is 1. The van der Waals surface area contributed by atoms with Crippen LogP contribution in [0.25, 0.3) is 0 Å². The maximum absolute atomic E-state index is 10.4. The van der Waals surface area contributed by atoms with Crippen LogP contribution >= 0.6 is 15.9 Å². The van der Waals surface area contributed by atoms with Crippen molar-refractivity contribution in [1.82, 2.24) is 14.8 Å². The van der Waals surface area contributed by atoms with Crippen LogP contribution in [0.3, 0.4) is 0 Å². The van der Waals surface area contributed by atoms with E-state index in [9.17, 15) is 9.90 Å². The van der Waals surface area contributed by atoms with Gasteiger partial charge in [0.25, 0.3) is 0 Å². The quantitative estimate of drug-likeness (QED) is 0.525. The van der Waals surface area contributed by atoms with E-state index in [2.05, 4.69) is 30.7 Å². The summed E-state index contributed by atoms with van der Waals surface area (Å²) < 4.78 is 5.96. The van der Waals surface area contributed by atoms with Crippen molar-refractivity contribution in [2.24, 2.45) is 0 Å². The Morgan fingerprint density at radius 2 is 2.38 bits per heavy atom. The van der Waals surface area contributed by atoms with Gasteiger partial charge in [0.05, 0.1) is 0 Å². The number of rotatable bonds is 3. The fraction of sp³-hybridized carbons (Fsp3) is 0.400. The van der Waals surface area contributed by atoms with Gasteiger partial charge in [0.1, 0.15) is 12.7 Å². The summed E-state index contributed by atoms with van der Waals surface area (Å²) in [5, 5.41) is 14.1. The number of nitrogens with zero attached hydrogens (tertiary/aromatic N) is 3. The van der Waals surface area contributed by atoms with Crippen LogP contribution in [0, 0.1) is 0 Å². The first-order chi connectivity index (χ1) is 5.65. The number of hydrogen-bond acceptors (Lipinski definition) is 5. The molecular formula is C5H5BrKN3O3. The maximum atomic E-state index is 10.4. The number of aromatic nitrogens is 3. The van der Waals surface area contributed by atoms with Crippen molar-refractivity contribution < 1.29 is 66.0 Å². The summed E-state index contributed by atoms with van der Waals surface area (Å²) in [4.78, 5) is 14.0. The van der Waals surface area contributed by atoms with Crippen molar-refractivity contribution in [3.8, 4) is 0 Å². The zero-order valence-corrected chi connectivity index (χ0v) is 11.9. The van der Waals surface area contributed by atoms with Crippen molar-refractivity contribution in [2.45, 2.75) is 6.73 Å². The molecule has 0 saturated carbocycles. The van der Waals surface area contributed by atoms with Crippen LogP contribution in [0.1, 0.15) is 10.6 Å². The molecule has 6 nitrogen and oxygen atoms in total. The van der Waals surface area contributed by atoms with E-state index in [-0.39, 0.29) is 68.7 Å². The third-order valence-electron chi connectivity index (χ3n) is 1.08. The van der Waals surface area contributed by atoms with Gasteiger partial charge in [-0.15, -0.1) is 5.10 Å². The van der Waals surface area contributed by atoms with Crippen LogP contribution < -0.4 is 56.5 Å². The standard InChI is InChI=1S/C5H6BrN3O3.K/c1-12-2-9-3(4(10)11)7-5(6)8-9;/h2H2,1H3,(H,10,11);/q;+1/p-1. The fourth-order valence-electron chi connectivity index (χ4n) is 0.678. The van der Waals surface area contributed by atoms with Gasteiger partial charge < -0.3 is 14.6 Å². The van der Waals surface area contributed by atoms with Gasteiger partial charge in [-0.2, -0.15) is 4.98 Å². The summed E-state index contributed by atoms with van der Waals surface area (Å²) in [6.07, 6.45) is 0. The summed E-state index contributed by atoms with van der Waals surface area (Å²) >= 11 is 2.93. The predicted octanol–water partition coefficient (Wildman–Crippen LogP) is -3.99. The minimum absolute atomic E-state index is 0. The second-order valence-corrected chi connectivity index (χ2v) is 2.62. The molecule has 1 rings (SSSR count). The van der Waals surface area contributed by atoms with Crippen LogP contribution in [0.15, 0.2) is 4.73 Å². The average molecular weight is 274 g/mol. The van der Waals surface area contributed by atoms with Gasteiger partial charge in [-0.05, 0) is 15.9 Å². The zero-order chi connectivity index (χ0) is 9.14. The minimum atomic E-state index is -1.38. The largest absolute Gasteiger partial charge is 1.00 e. The molecular weight excluding hydrogens is 269 g/mol. The van der Waals surface area contributed by atoms with Gasteiger partial charge in [-0.25, -0.2) is 4.68 Å². The maximum Gasteiger partial charge on any atom is 1.00 e. The smallest absolute Gasteiger partial charge is 0.542 e. The van der Waals surface area contributed by atoms with Crippen molar-refractivity contribution in [3.63, 3.8) is 0 Å². The van der Waals surface area contributed by atoms with Gasteiger partial charge in [-0.1, -0.05) is 0 Å². The number of ether oxygens (including phenoxy) is 1. The summed E-state index contributed by atoms with van der Waals surface area (Å²) in [5.74, 6) is -1.64. The van der Waals surface area contributed by atoms with Crippen molar-refractivity contribution in [1.29, 1.82) is 0 Å². The van der Waals surface area contributed by atoms with Crippen LogP contribution in [-0.2, 0) is 11.5 Å². The SMILES string of the molecule is COCn1nc(Br)nc1C(=O)[O-].[K+]. The Hall–Kier alpha value is 0.686. The van der Waals surface area contributed by atoms with E-state index in [0.29, 0.717) is 0 Å². The molecule has 0 aromatic carbocycles. The van der Waals surface area contributed by atoms with Gasteiger partial charge >= 0.3 is 51.4 Å². The number of carboxylic acids is 1. The first kappa shape index (κ1) is 13.7. The Morgan fingerprint density at radius 3 is 2.85 bits per heavy atom. The third-order valence-corrected chi connectivity index (χ3v) is 1.42. The van der Waals surface area contributed by atoms with Crippen LogP contribution in [0.2, 0.25) is 0 Å². The van der Waals surface area contributed by atoms with E-state index in [4.69, 9.17) is 0 Å². The van der Waals surface area contributed by atoms with E-state index >= 15 is 0 Å². The Morgan fingerprint density at radius 1 is 1.77 bits per heavy atom. The zero-order valence-electron chi connectivity index (χ0n) is 7.15. The van der Waals surface area contributed by atoms with Crippen molar-refractivity contribution in [2.75, 3.05) is 7.11 Å². The summed E-state index contributed by atoms with van der Waals surface area (Å²) in [7, 11) is 1.43. The Balaban J connectivity index is 0.00000144. The molecule has 1 aromatic rings. The van der Waals surface area contributed by atoms with Gasteiger partial charge in [0, 0.05) is 7.11 Å². The Labute approximate surface area is 125 Å². The molecule has 0 fully saturated rings. The number of hydrogen-bond donors (Lipinski definition) is 0. The molecule has 0 aliphatic carbocycles. The van der Waals surface area contributed by atoms with Crippen LogP contribution in [-0.4, -0.2) is 27.8 Å². The molecule has 0 atom stereocenters. The van der Waals surface area contributed by atoms with E-state index in [1.165, 1.54) is 7.11 Å². The summed E-state index contributed by atoms with van der Waals surface area (Å²) in [5.41, 5.74) is 0. The fourth-order valence-corrected chi connectivity index (χ4v) is 1.04. The minimum Gasteiger partial charge on any atom is -0.542 e. The monoisotopic (exact) mass is 273 g/mol. The Bertz CT molecular complexity index is 303. The van der Waals surface area contributed by atoms with Crippen molar-refractivity contribution in [3.05, 3.63) is 10.6 Å². The molecule has 13 heavy (non-hydrogen) atoms. The second-order valence-electron chi connectivity index (χ2n) is 1.91. The number of carbonyl (C=O) groups is 1. The number of aromatic carboxylic acids is 1. The molecule has 0 spiro atoms. The topological polar surface area (TPSA) is 80.1 Å². The number of carbonyl (C=O) groups excluding carboxylic acids is 1. The molecule has 0 amide bonds. The normalized spacial score (nSPS) is 9.38. The molecule has 8 heteroatoms. The predicted molar refractivity (Wildman–Crippen MR) is 39.1 cm³/mol. The van der Waals surface area contributed by atoms with E-state index in [1.807, 2.05) is 0 Å². The van der Waals surface area contributed by atoms with E-state index in [1.54, 1.807) is 0 Å². The molecule has 1 aromatic heterocycles. The third kappa shape index (κ3) is 3.74. The molecule has 1 heterocycles. The molecule has 0 bridgehead atoms. The van der Waals surface area contributed by atoms with E-state index in [0.717, 1.165) is 4.68 Å². The van der Waals surface area contributed by atoms with Gasteiger partial charge in [0.2, 0.25) is 4.73 Å². The average Bonchev–Trinajstić information content (AvgIpc) is 2.32. The molecule has 0 unspecified atom stereocenters. The molecule has 0 saturated heterocycles. The van der Waals surface area contributed by atoms with E-state index < -0.39 is 5.97 Å². The number of carboxylic acid groups (broad SMARTS) is 1. The number of halogens is 1. The van der Waals surface area contributed by atoms with Gasteiger partial charge in [-0.3, -0.25) is 0 Å². The molecule has 0 aliphatic heterocycles. The van der Waals surface area contributed by atoms with Crippen LogP contribution in [0.5, 0.6) is 0 Å². The van der Waals surface area contributed by atoms with Crippen molar-refractivity contribution >= 4 is 21.9 Å². The Kier molecular flexibility index (Phi) is 6.55. The summed E-state index contributed by atoms with van der Waals surface area (Å²) in [6, 6.07) is 0. The van der Waals surface area contributed by atoms with Gasteiger partial charge in [0.15, 0.2) is 5.82 Å².